The van der Waals surface area contributed by atoms with E-state index < -0.39 is 5.97 Å². The van der Waals surface area contributed by atoms with Gasteiger partial charge in [-0.05, 0) is 52.4 Å². The van der Waals surface area contributed by atoms with E-state index in [-0.39, 0.29) is 6.04 Å². The van der Waals surface area contributed by atoms with E-state index in [1.165, 1.54) is 34.0 Å². The number of fused-ring (bicyclic) bond motifs is 1. The molecule has 0 unspecified atom stereocenters. The van der Waals surface area contributed by atoms with Crippen LogP contribution in [0, 0.1) is 0 Å². The van der Waals surface area contributed by atoms with E-state index in [4.69, 9.17) is 5.11 Å². The molecule has 3 aromatic carbocycles. The molecule has 0 saturated carbocycles. The largest absolute Gasteiger partial charge is 0.478 e. The minimum Gasteiger partial charge on any atom is -0.478 e. The Morgan fingerprint density at radius 3 is 2.56 bits per heavy atom. The van der Waals surface area contributed by atoms with Crippen LogP contribution in [0.25, 0.3) is 17.2 Å². The van der Waals surface area contributed by atoms with Gasteiger partial charge in [0.25, 0.3) is 0 Å². The van der Waals surface area contributed by atoms with E-state index in [1.807, 2.05) is 30.6 Å². The van der Waals surface area contributed by atoms with Crippen molar-refractivity contribution in [3.05, 3.63) is 114 Å². The number of aliphatic carboxylic acids is 1. The smallest absolute Gasteiger partial charge is 0.328 e. The third-order valence-electron chi connectivity index (χ3n) is 5.96. The highest BCUT2D eigenvalue weighted by Crippen LogP contribution is 2.39. The van der Waals surface area contributed by atoms with E-state index in [9.17, 15) is 4.79 Å². The molecular weight excluding hydrogens is 398 g/mol. The maximum Gasteiger partial charge on any atom is 0.328 e. The number of nitrogens with one attached hydrogen (secondary N) is 1. The van der Waals surface area contributed by atoms with Crippen LogP contribution in [-0.2, 0) is 11.2 Å². The van der Waals surface area contributed by atoms with Crippen LogP contribution >= 0.6 is 0 Å². The molecule has 1 aromatic heterocycles. The molecule has 1 atom stereocenters. The molecule has 2 heterocycles. The van der Waals surface area contributed by atoms with E-state index in [2.05, 4.69) is 69.7 Å². The first kappa shape index (κ1) is 19.8. The van der Waals surface area contributed by atoms with Crippen LogP contribution in [0.15, 0.2) is 91.3 Å². The number of aromatic amines is 1. The SMILES string of the molecule is O=C(O)/C=C/c1ccc([C@@H]2c3ccc(-c4cn[nH]c4)cc3CCN2c2ccccc2)cc1. The molecule has 0 amide bonds. The monoisotopic (exact) mass is 421 g/mol. The van der Waals surface area contributed by atoms with E-state index in [1.54, 1.807) is 6.08 Å². The summed E-state index contributed by atoms with van der Waals surface area (Å²) in [5, 5.41) is 15.9. The normalized spacial score (nSPS) is 15.6. The fourth-order valence-corrected chi connectivity index (χ4v) is 4.43. The van der Waals surface area contributed by atoms with Crippen molar-refractivity contribution in [3.63, 3.8) is 0 Å². The summed E-state index contributed by atoms with van der Waals surface area (Å²) in [4.78, 5) is 13.3. The van der Waals surface area contributed by atoms with E-state index in [0.29, 0.717) is 0 Å². The van der Waals surface area contributed by atoms with Gasteiger partial charge in [0.15, 0.2) is 0 Å². The Morgan fingerprint density at radius 2 is 1.84 bits per heavy atom. The second kappa shape index (κ2) is 8.55. The Balaban J connectivity index is 1.57. The summed E-state index contributed by atoms with van der Waals surface area (Å²) in [6.45, 7) is 0.914. The molecule has 2 N–H and O–H groups in total. The number of carboxylic acids is 1. The van der Waals surface area contributed by atoms with Crippen LogP contribution in [0.3, 0.4) is 0 Å². The molecule has 1 aliphatic heterocycles. The van der Waals surface area contributed by atoms with Crippen molar-refractivity contribution in [1.82, 2.24) is 10.2 Å². The molecule has 0 radical (unpaired) electrons. The van der Waals surface area contributed by atoms with E-state index in [0.717, 1.165) is 24.1 Å². The van der Waals surface area contributed by atoms with Crippen molar-refractivity contribution < 1.29 is 9.90 Å². The van der Waals surface area contributed by atoms with Gasteiger partial charge in [-0.25, -0.2) is 4.79 Å². The van der Waals surface area contributed by atoms with Gasteiger partial charge in [-0.3, -0.25) is 5.10 Å². The summed E-state index contributed by atoms with van der Waals surface area (Å²) < 4.78 is 0. The molecule has 0 spiro atoms. The lowest BCUT2D eigenvalue weighted by Gasteiger charge is -2.39. The first-order valence-corrected chi connectivity index (χ1v) is 10.6. The maximum atomic E-state index is 10.8. The lowest BCUT2D eigenvalue weighted by atomic mass is 9.86. The Kier molecular flexibility index (Phi) is 5.30. The van der Waals surface area contributed by atoms with Gasteiger partial charge in [0, 0.05) is 30.1 Å². The number of hydrogen-bond donors (Lipinski definition) is 2. The molecule has 32 heavy (non-hydrogen) atoms. The molecule has 158 valence electrons. The Hall–Kier alpha value is -4.12. The van der Waals surface area contributed by atoms with Crippen LogP contribution < -0.4 is 4.90 Å². The highest BCUT2D eigenvalue weighted by atomic mass is 16.4. The molecule has 1 aliphatic rings. The second-order valence-corrected chi connectivity index (χ2v) is 7.92. The zero-order valence-electron chi connectivity index (χ0n) is 17.5. The third-order valence-corrected chi connectivity index (χ3v) is 5.96. The zero-order valence-corrected chi connectivity index (χ0v) is 17.5. The topological polar surface area (TPSA) is 69.2 Å². The van der Waals surface area contributed by atoms with Crippen LogP contribution in [0.5, 0.6) is 0 Å². The van der Waals surface area contributed by atoms with Crippen molar-refractivity contribution >= 4 is 17.7 Å². The number of carboxylic acid groups (broad SMARTS) is 1. The summed E-state index contributed by atoms with van der Waals surface area (Å²) in [7, 11) is 0. The average molecular weight is 422 g/mol. The zero-order chi connectivity index (χ0) is 21.9. The number of nitrogens with zero attached hydrogens (tertiary/aromatic N) is 2. The summed E-state index contributed by atoms with van der Waals surface area (Å²) in [6.07, 6.45) is 7.51. The van der Waals surface area contributed by atoms with Crippen molar-refractivity contribution in [2.24, 2.45) is 0 Å². The van der Waals surface area contributed by atoms with Crippen molar-refractivity contribution in [3.8, 4) is 11.1 Å². The van der Waals surface area contributed by atoms with Gasteiger partial charge in [-0.1, -0.05) is 60.7 Å². The lowest BCUT2D eigenvalue weighted by Crippen LogP contribution is -2.36. The van der Waals surface area contributed by atoms with Crippen LogP contribution in [0.2, 0.25) is 0 Å². The fraction of sp³-hybridized carbons (Fsp3) is 0.111. The average Bonchev–Trinajstić information content (AvgIpc) is 3.38. The maximum absolute atomic E-state index is 10.8. The Morgan fingerprint density at radius 1 is 1.03 bits per heavy atom. The predicted molar refractivity (Wildman–Crippen MR) is 126 cm³/mol. The minimum atomic E-state index is -0.945. The van der Waals surface area contributed by atoms with E-state index >= 15 is 0 Å². The summed E-state index contributed by atoms with van der Waals surface area (Å²) in [5.41, 5.74) is 8.13. The van der Waals surface area contributed by atoms with Gasteiger partial charge >= 0.3 is 5.97 Å². The molecular formula is C27H23N3O2. The van der Waals surface area contributed by atoms with Gasteiger partial charge < -0.3 is 10.0 Å². The van der Waals surface area contributed by atoms with Crippen molar-refractivity contribution in [1.29, 1.82) is 0 Å². The number of para-hydroxylation sites is 1. The minimum absolute atomic E-state index is 0.0806. The van der Waals surface area contributed by atoms with Crippen LogP contribution in [0.4, 0.5) is 5.69 Å². The summed E-state index contributed by atoms with van der Waals surface area (Å²) in [6, 6.07) is 25.4. The number of carbonyl (C=O) groups is 1. The standard InChI is InChI=1S/C27H23N3O2/c31-26(32)13-8-19-6-9-20(10-7-19)27-25-12-11-21(23-17-28-29-18-23)16-22(25)14-15-30(27)24-4-2-1-3-5-24/h1-13,16-18,27H,14-15H2,(H,28,29)(H,31,32)/b13-8+/t27-/m1/s1. The number of H-pyrrole nitrogens is 1. The second-order valence-electron chi connectivity index (χ2n) is 7.92. The number of aromatic nitrogens is 2. The number of benzene rings is 3. The highest BCUT2D eigenvalue weighted by Gasteiger charge is 2.29. The molecule has 5 rings (SSSR count). The summed E-state index contributed by atoms with van der Waals surface area (Å²) in [5.74, 6) is -0.945. The van der Waals surface area contributed by atoms with Crippen LogP contribution in [-0.4, -0.2) is 27.8 Å². The van der Waals surface area contributed by atoms with Gasteiger partial charge in [-0.15, -0.1) is 0 Å². The van der Waals surface area contributed by atoms with Crippen molar-refractivity contribution in [2.45, 2.75) is 12.5 Å². The quantitative estimate of drug-likeness (QED) is 0.428. The molecule has 0 aliphatic carbocycles. The van der Waals surface area contributed by atoms with Gasteiger partial charge in [0.1, 0.15) is 0 Å². The fourth-order valence-electron chi connectivity index (χ4n) is 4.43. The van der Waals surface area contributed by atoms with Gasteiger partial charge in [-0.2, -0.15) is 5.10 Å². The molecule has 0 fully saturated rings. The first-order chi connectivity index (χ1) is 15.7. The van der Waals surface area contributed by atoms with Crippen molar-refractivity contribution in [2.75, 3.05) is 11.4 Å². The van der Waals surface area contributed by atoms with Crippen LogP contribution in [0.1, 0.15) is 28.3 Å². The molecule has 0 bridgehead atoms. The molecule has 0 saturated heterocycles. The lowest BCUT2D eigenvalue weighted by molar-refractivity contribution is -0.131. The van der Waals surface area contributed by atoms with Gasteiger partial charge in [0.05, 0.1) is 12.2 Å². The molecule has 5 nitrogen and oxygen atoms in total. The first-order valence-electron chi connectivity index (χ1n) is 10.6. The Labute approximate surface area is 186 Å². The third kappa shape index (κ3) is 3.93. The Bertz CT molecular complexity index is 1250. The number of rotatable bonds is 5. The number of hydrogen-bond acceptors (Lipinski definition) is 3. The number of anilines is 1. The summed E-state index contributed by atoms with van der Waals surface area (Å²) >= 11 is 0. The van der Waals surface area contributed by atoms with Gasteiger partial charge in [0.2, 0.25) is 0 Å². The predicted octanol–water partition coefficient (Wildman–Crippen LogP) is 5.33. The molecule has 5 heteroatoms. The molecule has 4 aromatic rings. The highest BCUT2D eigenvalue weighted by molar-refractivity contribution is 5.85.